The van der Waals surface area contributed by atoms with Crippen LogP contribution in [-0.4, -0.2) is 17.5 Å². The molecular formula is C15H18N2. The summed E-state index contributed by atoms with van der Waals surface area (Å²) in [5, 5.41) is 9.30. The smallest absolute Gasteiger partial charge is 0.120 e. The molecule has 0 aliphatic carbocycles. The van der Waals surface area contributed by atoms with Crippen LogP contribution in [0.15, 0.2) is 41.5 Å². The molecule has 0 radical (unpaired) electrons. The highest BCUT2D eigenvalue weighted by Gasteiger charge is 2.25. The lowest BCUT2D eigenvalue weighted by atomic mass is 9.95. The van der Waals surface area contributed by atoms with E-state index in [1.54, 1.807) is 0 Å². The van der Waals surface area contributed by atoms with Crippen molar-refractivity contribution in [2.75, 3.05) is 6.54 Å². The van der Waals surface area contributed by atoms with Gasteiger partial charge in [0.1, 0.15) is 6.04 Å². The van der Waals surface area contributed by atoms with E-state index in [0.29, 0.717) is 0 Å². The largest absolute Gasteiger partial charge is 0.280 e. The first-order valence-corrected chi connectivity index (χ1v) is 6.06. The zero-order valence-corrected chi connectivity index (χ0v) is 10.5. The van der Waals surface area contributed by atoms with Gasteiger partial charge in [-0.05, 0) is 31.4 Å². The van der Waals surface area contributed by atoms with E-state index in [4.69, 9.17) is 0 Å². The fourth-order valence-electron chi connectivity index (χ4n) is 2.31. The first-order valence-electron chi connectivity index (χ1n) is 6.06. The highest BCUT2D eigenvalue weighted by atomic mass is 15.2. The van der Waals surface area contributed by atoms with Gasteiger partial charge in [-0.3, -0.25) is 4.90 Å². The number of hydrogen-bond acceptors (Lipinski definition) is 2. The van der Waals surface area contributed by atoms with Crippen LogP contribution in [0.4, 0.5) is 0 Å². The van der Waals surface area contributed by atoms with E-state index in [1.165, 1.54) is 16.7 Å². The second kappa shape index (κ2) is 5.16. The standard InChI is InChI=1S/C15H18N2/c1-12-8-9-17(15(10-16)13(12)2)11-14-6-4-3-5-7-14/h3-7,15H,8-9,11H2,1-2H3. The number of hydrogen-bond donors (Lipinski definition) is 0. The van der Waals surface area contributed by atoms with Crippen LogP contribution >= 0.6 is 0 Å². The van der Waals surface area contributed by atoms with Crippen LogP contribution in [-0.2, 0) is 6.54 Å². The summed E-state index contributed by atoms with van der Waals surface area (Å²) in [5.74, 6) is 0. The Hall–Kier alpha value is -1.59. The molecule has 1 aromatic rings. The second-order valence-corrected chi connectivity index (χ2v) is 4.70. The monoisotopic (exact) mass is 226 g/mol. The van der Waals surface area contributed by atoms with Crippen LogP contribution in [0.5, 0.6) is 0 Å². The predicted octanol–water partition coefficient (Wildman–Crippen LogP) is 3.12. The molecule has 17 heavy (non-hydrogen) atoms. The van der Waals surface area contributed by atoms with E-state index in [-0.39, 0.29) is 6.04 Å². The summed E-state index contributed by atoms with van der Waals surface area (Å²) < 4.78 is 0. The van der Waals surface area contributed by atoms with Gasteiger partial charge >= 0.3 is 0 Å². The molecule has 0 N–H and O–H groups in total. The molecule has 2 heteroatoms. The van der Waals surface area contributed by atoms with Crippen LogP contribution in [0.2, 0.25) is 0 Å². The van der Waals surface area contributed by atoms with Gasteiger partial charge in [-0.15, -0.1) is 0 Å². The number of benzene rings is 1. The van der Waals surface area contributed by atoms with Gasteiger partial charge in [-0.25, -0.2) is 0 Å². The maximum atomic E-state index is 9.30. The van der Waals surface area contributed by atoms with Gasteiger partial charge in [0.05, 0.1) is 6.07 Å². The van der Waals surface area contributed by atoms with Crippen molar-refractivity contribution in [3.63, 3.8) is 0 Å². The zero-order chi connectivity index (χ0) is 12.3. The molecule has 0 spiro atoms. The topological polar surface area (TPSA) is 27.0 Å². The molecule has 0 saturated heterocycles. The third-order valence-corrected chi connectivity index (χ3v) is 3.57. The van der Waals surface area contributed by atoms with Crippen LogP contribution < -0.4 is 0 Å². The Balaban J connectivity index is 2.16. The molecule has 0 saturated carbocycles. The molecule has 0 bridgehead atoms. The third kappa shape index (κ3) is 2.57. The molecule has 1 aliphatic rings. The van der Waals surface area contributed by atoms with Crippen molar-refractivity contribution in [1.82, 2.24) is 4.90 Å². The predicted molar refractivity (Wildman–Crippen MR) is 69.2 cm³/mol. The Labute approximate surface area is 103 Å². The molecule has 1 atom stereocenters. The SMILES string of the molecule is CC1=C(C)C(C#N)N(Cc2ccccc2)CC1. The summed E-state index contributed by atoms with van der Waals surface area (Å²) in [7, 11) is 0. The maximum Gasteiger partial charge on any atom is 0.120 e. The number of rotatable bonds is 2. The first kappa shape index (κ1) is 11.9. The Bertz CT molecular complexity index is 454. The summed E-state index contributed by atoms with van der Waals surface area (Å²) in [5.41, 5.74) is 3.88. The van der Waals surface area contributed by atoms with E-state index in [2.05, 4.69) is 49.1 Å². The average Bonchev–Trinajstić information content (AvgIpc) is 2.36. The Morgan fingerprint density at radius 2 is 2.00 bits per heavy atom. The van der Waals surface area contributed by atoms with Gasteiger partial charge in [0.15, 0.2) is 0 Å². The molecule has 0 aromatic heterocycles. The number of nitrogens with zero attached hydrogens (tertiary/aromatic N) is 2. The van der Waals surface area contributed by atoms with Crippen molar-refractivity contribution in [3.8, 4) is 6.07 Å². The fraction of sp³-hybridized carbons (Fsp3) is 0.400. The van der Waals surface area contributed by atoms with Crippen molar-refractivity contribution < 1.29 is 0 Å². The molecule has 1 unspecified atom stereocenters. The lowest BCUT2D eigenvalue weighted by Gasteiger charge is -2.33. The minimum Gasteiger partial charge on any atom is -0.280 e. The lowest BCUT2D eigenvalue weighted by molar-refractivity contribution is 0.235. The molecule has 0 fully saturated rings. The summed E-state index contributed by atoms with van der Waals surface area (Å²) in [6.07, 6.45) is 1.08. The van der Waals surface area contributed by atoms with Crippen LogP contribution in [0.1, 0.15) is 25.8 Å². The van der Waals surface area contributed by atoms with Crippen molar-refractivity contribution >= 4 is 0 Å². The van der Waals surface area contributed by atoms with Gasteiger partial charge in [0, 0.05) is 13.1 Å². The highest BCUT2D eigenvalue weighted by molar-refractivity contribution is 5.27. The third-order valence-electron chi connectivity index (χ3n) is 3.57. The van der Waals surface area contributed by atoms with Gasteiger partial charge in [0.2, 0.25) is 0 Å². The van der Waals surface area contributed by atoms with E-state index >= 15 is 0 Å². The van der Waals surface area contributed by atoms with E-state index in [9.17, 15) is 5.26 Å². The van der Waals surface area contributed by atoms with Crippen LogP contribution in [0.3, 0.4) is 0 Å². The van der Waals surface area contributed by atoms with E-state index in [1.807, 2.05) is 6.07 Å². The van der Waals surface area contributed by atoms with Crippen LogP contribution in [0, 0.1) is 11.3 Å². The van der Waals surface area contributed by atoms with Crippen molar-refractivity contribution in [1.29, 1.82) is 5.26 Å². The van der Waals surface area contributed by atoms with Crippen molar-refractivity contribution in [2.45, 2.75) is 32.9 Å². The lowest BCUT2D eigenvalue weighted by Crippen LogP contribution is -2.39. The van der Waals surface area contributed by atoms with Gasteiger partial charge in [-0.2, -0.15) is 5.26 Å². The molecule has 0 amide bonds. The summed E-state index contributed by atoms with van der Waals surface area (Å²) in [4.78, 5) is 2.26. The fourth-order valence-corrected chi connectivity index (χ4v) is 2.31. The van der Waals surface area contributed by atoms with E-state index < -0.39 is 0 Å². The van der Waals surface area contributed by atoms with Gasteiger partial charge < -0.3 is 0 Å². The van der Waals surface area contributed by atoms with Crippen molar-refractivity contribution in [2.24, 2.45) is 0 Å². The zero-order valence-electron chi connectivity index (χ0n) is 10.5. The molecule has 88 valence electrons. The Morgan fingerprint density at radius 1 is 1.29 bits per heavy atom. The average molecular weight is 226 g/mol. The quantitative estimate of drug-likeness (QED) is 0.724. The highest BCUT2D eigenvalue weighted by Crippen LogP contribution is 2.24. The number of nitriles is 1. The van der Waals surface area contributed by atoms with E-state index in [0.717, 1.165) is 19.5 Å². The molecule has 1 heterocycles. The maximum absolute atomic E-state index is 9.30. The molecule has 1 aromatic carbocycles. The minimum atomic E-state index is -0.0519. The van der Waals surface area contributed by atoms with Gasteiger partial charge in [-0.1, -0.05) is 35.9 Å². The summed E-state index contributed by atoms with van der Waals surface area (Å²) in [6.45, 7) is 6.07. The normalized spacial score (nSPS) is 21.4. The Kier molecular flexibility index (Phi) is 3.61. The molecule has 2 nitrogen and oxygen atoms in total. The minimum absolute atomic E-state index is 0.0519. The van der Waals surface area contributed by atoms with Gasteiger partial charge in [0.25, 0.3) is 0 Å². The summed E-state index contributed by atoms with van der Waals surface area (Å²) in [6, 6.07) is 12.7. The second-order valence-electron chi connectivity index (χ2n) is 4.70. The summed E-state index contributed by atoms with van der Waals surface area (Å²) >= 11 is 0. The molecule has 1 aliphatic heterocycles. The molecule has 2 rings (SSSR count). The first-order chi connectivity index (χ1) is 8.22. The Morgan fingerprint density at radius 3 is 2.65 bits per heavy atom. The van der Waals surface area contributed by atoms with Crippen LogP contribution in [0.25, 0.3) is 0 Å². The van der Waals surface area contributed by atoms with Crippen molar-refractivity contribution in [3.05, 3.63) is 47.0 Å². The molecular weight excluding hydrogens is 208 g/mol.